The van der Waals surface area contributed by atoms with Crippen molar-refractivity contribution in [2.24, 2.45) is 0 Å². The van der Waals surface area contributed by atoms with Crippen LogP contribution < -0.4 is 10.1 Å². The molecule has 3 rings (SSSR count). The molecule has 2 aliphatic rings. The Morgan fingerprint density at radius 1 is 1.28 bits per heavy atom. The molecule has 0 amide bonds. The molecule has 0 spiro atoms. The SMILES string of the molecule is Cc1cc(C)c2c(c1)CC(CN1CCNCC1)O2. The second-order valence-electron chi connectivity index (χ2n) is 5.56. The molecule has 98 valence electrons. The van der Waals surface area contributed by atoms with Crippen molar-refractivity contribution in [3.63, 3.8) is 0 Å². The number of aryl methyl sites for hydroxylation is 2. The highest BCUT2D eigenvalue weighted by atomic mass is 16.5. The largest absolute Gasteiger partial charge is 0.488 e. The fourth-order valence-corrected chi connectivity index (χ4v) is 3.10. The number of hydrogen-bond donors (Lipinski definition) is 1. The van der Waals surface area contributed by atoms with E-state index in [0.717, 1.165) is 44.9 Å². The van der Waals surface area contributed by atoms with Crippen molar-refractivity contribution in [3.05, 3.63) is 28.8 Å². The molecule has 0 saturated carbocycles. The van der Waals surface area contributed by atoms with Gasteiger partial charge < -0.3 is 10.1 Å². The van der Waals surface area contributed by atoms with Crippen molar-refractivity contribution in [2.45, 2.75) is 26.4 Å². The molecule has 1 atom stereocenters. The summed E-state index contributed by atoms with van der Waals surface area (Å²) in [6.45, 7) is 9.89. The Kier molecular flexibility index (Phi) is 3.27. The average molecular weight is 246 g/mol. The van der Waals surface area contributed by atoms with Crippen molar-refractivity contribution in [2.75, 3.05) is 32.7 Å². The van der Waals surface area contributed by atoms with E-state index in [4.69, 9.17) is 4.74 Å². The van der Waals surface area contributed by atoms with Crippen molar-refractivity contribution in [3.8, 4) is 5.75 Å². The van der Waals surface area contributed by atoms with Gasteiger partial charge in [0.1, 0.15) is 11.9 Å². The molecule has 1 aromatic rings. The number of hydrogen-bond acceptors (Lipinski definition) is 3. The summed E-state index contributed by atoms with van der Waals surface area (Å²) >= 11 is 0. The lowest BCUT2D eigenvalue weighted by Crippen LogP contribution is -2.47. The lowest BCUT2D eigenvalue weighted by atomic mass is 10.0. The zero-order chi connectivity index (χ0) is 12.5. The first-order chi connectivity index (χ1) is 8.72. The average Bonchev–Trinajstić information content (AvgIpc) is 2.73. The first kappa shape index (κ1) is 12.0. The van der Waals surface area contributed by atoms with Crippen molar-refractivity contribution >= 4 is 0 Å². The second-order valence-corrected chi connectivity index (χ2v) is 5.56. The van der Waals surface area contributed by atoms with Gasteiger partial charge in [0.2, 0.25) is 0 Å². The summed E-state index contributed by atoms with van der Waals surface area (Å²) in [4.78, 5) is 2.51. The van der Waals surface area contributed by atoms with Crippen LogP contribution in [0.2, 0.25) is 0 Å². The quantitative estimate of drug-likeness (QED) is 0.856. The van der Waals surface area contributed by atoms with Gasteiger partial charge in [0, 0.05) is 39.1 Å². The van der Waals surface area contributed by atoms with Crippen LogP contribution in [0, 0.1) is 13.8 Å². The molecular formula is C15H22N2O. The smallest absolute Gasteiger partial charge is 0.126 e. The zero-order valence-corrected chi connectivity index (χ0v) is 11.3. The van der Waals surface area contributed by atoms with Crippen LogP contribution in [-0.2, 0) is 6.42 Å². The lowest BCUT2D eigenvalue weighted by Gasteiger charge is -2.29. The number of piperazine rings is 1. The van der Waals surface area contributed by atoms with Crippen LogP contribution in [0.3, 0.4) is 0 Å². The van der Waals surface area contributed by atoms with Gasteiger partial charge in [-0.3, -0.25) is 4.90 Å². The summed E-state index contributed by atoms with van der Waals surface area (Å²) in [5, 5.41) is 3.39. The van der Waals surface area contributed by atoms with E-state index in [2.05, 4.69) is 36.2 Å². The van der Waals surface area contributed by atoms with Crippen molar-refractivity contribution in [1.82, 2.24) is 10.2 Å². The van der Waals surface area contributed by atoms with Gasteiger partial charge in [-0.05, 0) is 25.0 Å². The molecule has 2 heterocycles. The fourth-order valence-electron chi connectivity index (χ4n) is 3.10. The first-order valence-electron chi connectivity index (χ1n) is 6.92. The van der Waals surface area contributed by atoms with Gasteiger partial charge in [-0.1, -0.05) is 17.7 Å². The van der Waals surface area contributed by atoms with Gasteiger partial charge in [0.05, 0.1) is 0 Å². The van der Waals surface area contributed by atoms with E-state index in [0.29, 0.717) is 6.10 Å². The number of rotatable bonds is 2. The number of nitrogens with one attached hydrogen (secondary N) is 1. The Hall–Kier alpha value is -1.06. The van der Waals surface area contributed by atoms with E-state index in [1.54, 1.807) is 0 Å². The Labute approximate surface area is 109 Å². The molecule has 1 unspecified atom stereocenters. The maximum atomic E-state index is 6.13. The molecule has 1 aromatic carbocycles. The van der Waals surface area contributed by atoms with Gasteiger partial charge >= 0.3 is 0 Å². The highest BCUT2D eigenvalue weighted by molar-refractivity contribution is 5.46. The number of nitrogens with zero attached hydrogens (tertiary/aromatic N) is 1. The van der Waals surface area contributed by atoms with Gasteiger partial charge in [-0.2, -0.15) is 0 Å². The molecule has 3 nitrogen and oxygen atoms in total. The minimum atomic E-state index is 0.346. The van der Waals surface area contributed by atoms with Crippen LogP contribution in [0.15, 0.2) is 12.1 Å². The molecule has 0 bridgehead atoms. The van der Waals surface area contributed by atoms with Crippen molar-refractivity contribution in [1.29, 1.82) is 0 Å². The molecular weight excluding hydrogens is 224 g/mol. The van der Waals surface area contributed by atoms with E-state index in [1.807, 2.05) is 0 Å². The Morgan fingerprint density at radius 3 is 2.83 bits per heavy atom. The summed E-state index contributed by atoms with van der Waals surface area (Å²) in [7, 11) is 0. The number of benzene rings is 1. The third-order valence-electron chi connectivity index (χ3n) is 3.90. The fraction of sp³-hybridized carbons (Fsp3) is 0.600. The maximum absolute atomic E-state index is 6.13. The second kappa shape index (κ2) is 4.90. The first-order valence-corrected chi connectivity index (χ1v) is 6.92. The van der Waals surface area contributed by atoms with Gasteiger partial charge in [0.25, 0.3) is 0 Å². The van der Waals surface area contributed by atoms with Crippen LogP contribution >= 0.6 is 0 Å². The molecule has 2 aliphatic heterocycles. The Bertz CT molecular complexity index is 438. The molecule has 0 aromatic heterocycles. The third-order valence-corrected chi connectivity index (χ3v) is 3.90. The van der Waals surface area contributed by atoms with E-state index in [9.17, 15) is 0 Å². The van der Waals surface area contributed by atoms with Gasteiger partial charge in [-0.25, -0.2) is 0 Å². The lowest BCUT2D eigenvalue weighted by molar-refractivity contribution is 0.139. The number of ether oxygens (including phenoxy) is 1. The molecule has 0 aliphatic carbocycles. The molecule has 18 heavy (non-hydrogen) atoms. The summed E-state index contributed by atoms with van der Waals surface area (Å²) < 4.78 is 6.13. The highest BCUT2D eigenvalue weighted by Crippen LogP contribution is 2.33. The minimum absolute atomic E-state index is 0.346. The van der Waals surface area contributed by atoms with E-state index >= 15 is 0 Å². The Balaban J connectivity index is 1.67. The van der Waals surface area contributed by atoms with Crippen LogP contribution in [0.5, 0.6) is 5.75 Å². The van der Waals surface area contributed by atoms with Crippen LogP contribution in [0.4, 0.5) is 0 Å². The van der Waals surface area contributed by atoms with Crippen LogP contribution in [0.1, 0.15) is 16.7 Å². The number of fused-ring (bicyclic) bond motifs is 1. The van der Waals surface area contributed by atoms with E-state index < -0.39 is 0 Å². The molecule has 1 N–H and O–H groups in total. The van der Waals surface area contributed by atoms with E-state index in [1.165, 1.54) is 16.7 Å². The minimum Gasteiger partial charge on any atom is -0.488 e. The monoisotopic (exact) mass is 246 g/mol. The predicted octanol–water partition coefficient (Wildman–Crippen LogP) is 1.51. The normalized spacial score (nSPS) is 23.8. The standard InChI is InChI=1S/C15H22N2O/c1-11-7-12(2)15-13(8-11)9-14(18-15)10-17-5-3-16-4-6-17/h7-8,14,16H,3-6,9-10H2,1-2H3. The summed E-state index contributed by atoms with van der Waals surface area (Å²) in [5.74, 6) is 1.14. The Morgan fingerprint density at radius 2 is 2.06 bits per heavy atom. The predicted molar refractivity (Wildman–Crippen MR) is 73.3 cm³/mol. The van der Waals surface area contributed by atoms with Crippen LogP contribution in [-0.4, -0.2) is 43.7 Å². The third kappa shape index (κ3) is 2.38. The van der Waals surface area contributed by atoms with Gasteiger partial charge in [0.15, 0.2) is 0 Å². The molecule has 1 saturated heterocycles. The zero-order valence-electron chi connectivity index (χ0n) is 11.3. The van der Waals surface area contributed by atoms with Crippen LogP contribution in [0.25, 0.3) is 0 Å². The van der Waals surface area contributed by atoms with Gasteiger partial charge in [-0.15, -0.1) is 0 Å². The molecule has 0 radical (unpaired) electrons. The summed E-state index contributed by atoms with van der Waals surface area (Å²) in [6.07, 6.45) is 1.42. The summed E-state index contributed by atoms with van der Waals surface area (Å²) in [5.41, 5.74) is 4.03. The topological polar surface area (TPSA) is 24.5 Å². The maximum Gasteiger partial charge on any atom is 0.126 e. The molecule has 3 heteroatoms. The summed E-state index contributed by atoms with van der Waals surface area (Å²) in [6, 6.07) is 4.49. The van der Waals surface area contributed by atoms with E-state index in [-0.39, 0.29) is 0 Å². The van der Waals surface area contributed by atoms with Crippen molar-refractivity contribution < 1.29 is 4.74 Å². The highest BCUT2D eigenvalue weighted by Gasteiger charge is 2.26. The molecule has 1 fully saturated rings.